The van der Waals surface area contributed by atoms with Crippen molar-refractivity contribution in [2.75, 3.05) is 31.6 Å². The van der Waals surface area contributed by atoms with E-state index in [0.717, 1.165) is 52.7 Å². The number of carbonyl (C=O) groups is 1. The van der Waals surface area contributed by atoms with E-state index >= 15 is 0 Å². The van der Waals surface area contributed by atoms with Crippen molar-refractivity contribution in [3.8, 4) is 39.5 Å². The normalized spacial score (nSPS) is 13.7. The van der Waals surface area contributed by atoms with Crippen LogP contribution in [0.4, 0.5) is 10.1 Å². The molecule has 11 heteroatoms. The summed E-state index contributed by atoms with van der Waals surface area (Å²) in [4.78, 5) is 31.6. The lowest BCUT2D eigenvalue weighted by molar-refractivity contribution is -0.116. The predicted molar refractivity (Wildman–Crippen MR) is 177 cm³/mol. The predicted octanol–water partition coefficient (Wildman–Crippen LogP) is 6.83. The summed E-state index contributed by atoms with van der Waals surface area (Å²) in [5.41, 5.74) is 6.49. The minimum Gasteiger partial charge on any atom is -0.492 e. The first-order chi connectivity index (χ1) is 22.4. The number of nitrogens with one attached hydrogen (secondary N) is 3. The molecule has 46 heavy (non-hydrogen) atoms. The fraction of sp³-hybridized carbons (Fsp3) is 0.286. The molecule has 1 aromatic carbocycles. The molecule has 5 aromatic heterocycles. The van der Waals surface area contributed by atoms with Gasteiger partial charge in [0.2, 0.25) is 5.91 Å². The van der Waals surface area contributed by atoms with Gasteiger partial charge >= 0.3 is 0 Å². The molecule has 1 aliphatic rings. The Hall–Kier alpha value is -5.16. The molecule has 1 aliphatic heterocycles. The number of carbonyl (C=O) groups excluding carboxylic acids is 1. The van der Waals surface area contributed by atoms with Crippen LogP contribution in [0.5, 0.6) is 5.75 Å². The maximum atomic E-state index is 14.8. The Balaban J connectivity index is 1.18. The van der Waals surface area contributed by atoms with E-state index in [1.807, 2.05) is 44.2 Å². The van der Waals surface area contributed by atoms with Crippen molar-refractivity contribution < 1.29 is 13.9 Å². The largest absolute Gasteiger partial charge is 0.492 e. The van der Waals surface area contributed by atoms with Crippen molar-refractivity contribution in [2.24, 2.45) is 5.92 Å². The van der Waals surface area contributed by atoms with Gasteiger partial charge in [-0.05, 0) is 79.4 Å². The summed E-state index contributed by atoms with van der Waals surface area (Å²) in [5.74, 6) is 0.350. The van der Waals surface area contributed by atoms with E-state index in [9.17, 15) is 9.18 Å². The van der Waals surface area contributed by atoms with Crippen LogP contribution in [0.15, 0.2) is 67.3 Å². The number of likely N-dealkylation sites (tertiary alicyclic amines) is 1. The summed E-state index contributed by atoms with van der Waals surface area (Å²) in [6, 6.07) is 12.5. The molecule has 1 saturated heterocycles. The highest BCUT2D eigenvalue weighted by molar-refractivity contribution is 6.00. The molecule has 7 rings (SSSR count). The van der Waals surface area contributed by atoms with Gasteiger partial charge in [0.05, 0.1) is 35.0 Å². The van der Waals surface area contributed by atoms with Gasteiger partial charge in [0.25, 0.3) is 0 Å². The molecule has 0 aliphatic carbocycles. The summed E-state index contributed by atoms with van der Waals surface area (Å²) in [5, 5.41) is 12.3. The zero-order chi connectivity index (χ0) is 31.6. The standard InChI is InChI=1S/C35H35FN8O2/c1-21(2)11-33(45)40-25-13-23(18-37-19-25)30-17-29-32(20-39-30)42-43-34(29)31-16-28-27(5-6-38-35(28)41-31)22-12-24(36)15-26(14-22)46-10-9-44-7-3-4-8-44/h5-6,12-21H,3-4,7-11H2,1-2H3,(H,38,41)(H,40,45)(H,42,43). The van der Waals surface area contributed by atoms with Gasteiger partial charge in [0.1, 0.15) is 29.5 Å². The van der Waals surface area contributed by atoms with Crippen molar-refractivity contribution in [1.29, 1.82) is 0 Å². The quantitative estimate of drug-likeness (QED) is 0.154. The number of benzene rings is 1. The van der Waals surface area contributed by atoms with Gasteiger partial charge in [-0.25, -0.2) is 9.37 Å². The van der Waals surface area contributed by atoms with Crippen LogP contribution in [-0.4, -0.2) is 67.2 Å². The SMILES string of the molecule is CC(C)CC(=O)Nc1cncc(-c2cc3c(-c4cc5c(-c6cc(F)cc(OCCN7CCCC7)c6)ccnc5[nH]4)n[nH]c3cn2)c1. The number of ether oxygens (including phenoxy) is 1. The highest BCUT2D eigenvalue weighted by Crippen LogP contribution is 2.35. The molecule has 0 atom stereocenters. The zero-order valence-electron chi connectivity index (χ0n) is 25.8. The first-order valence-corrected chi connectivity index (χ1v) is 15.6. The molecule has 6 heterocycles. The third-order valence-electron chi connectivity index (χ3n) is 8.20. The molecule has 0 radical (unpaired) electrons. The van der Waals surface area contributed by atoms with Crippen molar-refractivity contribution in [3.63, 3.8) is 0 Å². The van der Waals surface area contributed by atoms with E-state index in [1.165, 1.54) is 25.0 Å². The topological polar surface area (TPSA) is 125 Å². The molecule has 0 bridgehead atoms. The van der Waals surface area contributed by atoms with Crippen LogP contribution in [0.2, 0.25) is 0 Å². The number of halogens is 1. The highest BCUT2D eigenvalue weighted by atomic mass is 19.1. The number of rotatable bonds is 10. The Morgan fingerprint density at radius 2 is 1.89 bits per heavy atom. The fourth-order valence-corrected chi connectivity index (χ4v) is 6.02. The average molecular weight is 619 g/mol. The van der Waals surface area contributed by atoms with E-state index in [4.69, 9.17) is 4.74 Å². The monoisotopic (exact) mass is 618 g/mol. The van der Waals surface area contributed by atoms with Gasteiger partial charge < -0.3 is 15.0 Å². The number of pyridine rings is 3. The first-order valence-electron chi connectivity index (χ1n) is 15.6. The number of hydrogen-bond donors (Lipinski definition) is 3. The molecule has 10 nitrogen and oxygen atoms in total. The number of amides is 1. The van der Waals surface area contributed by atoms with E-state index in [-0.39, 0.29) is 17.6 Å². The minimum absolute atomic E-state index is 0.0548. The molecule has 234 valence electrons. The van der Waals surface area contributed by atoms with E-state index in [1.54, 1.807) is 24.8 Å². The molecule has 0 saturated carbocycles. The molecule has 1 amide bonds. The van der Waals surface area contributed by atoms with Crippen LogP contribution in [0.25, 0.3) is 55.7 Å². The zero-order valence-corrected chi connectivity index (χ0v) is 25.8. The molecule has 6 aromatic rings. The number of fused-ring (bicyclic) bond motifs is 2. The summed E-state index contributed by atoms with van der Waals surface area (Å²) >= 11 is 0. The van der Waals surface area contributed by atoms with Crippen molar-refractivity contribution >= 4 is 33.5 Å². The fourth-order valence-electron chi connectivity index (χ4n) is 6.02. The number of aromatic nitrogens is 6. The Labute approximate surface area is 265 Å². The lowest BCUT2D eigenvalue weighted by atomic mass is 10.0. The van der Waals surface area contributed by atoms with Gasteiger partial charge in [-0.1, -0.05) is 13.8 Å². The van der Waals surface area contributed by atoms with Gasteiger partial charge in [-0.3, -0.25) is 24.8 Å². The van der Waals surface area contributed by atoms with Gasteiger partial charge in [0.15, 0.2) is 0 Å². The third-order valence-corrected chi connectivity index (χ3v) is 8.20. The molecule has 0 unspecified atom stereocenters. The second kappa shape index (κ2) is 12.7. The van der Waals surface area contributed by atoms with Crippen molar-refractivity contribution in [1.82, 2.24) is 35.0 Å². The van der Waals surface area contributed by atoms with Crippen molar-refractivity contribution in [3.05, 3.63) is 73.1 Å². The highest BCUT2D eigenvalue weighted by Gasteiger charge is 2.17. The third kappa shape index (κ3) is 6.32. The van der Waals surface area contributed by atoms with Gasteiger partial charge in [0, 0.05) is 47.8 Å². The number of aromatic amines is 2. The molecule has 1 fully saturated rings. The van der Waals surface area contributed by atoms with Crippen LogP contribution >= 0.6 is 0 Å². The molecular weight excluding hydrogens is 583 g/mol. The number of anilines is 1. The van der Waals surface area contributed by atoms with Crippen molar-refractivity contribution in [2.45, 2.75) is 33.1 Å². The summed E-state index contributed by atoms with van der Waals surface area (Å²) in [6.07, 6.45) is 9.66. The maximum Gasteiger partial charge on any atom is 0.224 e. The second-order valence-electron chi connectivity index (χ2n) is 12.2. The van der Waals surface area contributed by atoms with E-state index < -0.39 is 0 Å². The molecule has 0 spiro atoms. The summed E-state index contributed by atoms with van der Waals surface area (Å²) in [7, 11) is 0. The summed E-state index contributed by atoms with van der Waals surface area (Å²) < 4.78 is 20.8. The Morgan fingerprint density at radius 1 is 1.02 bits per heavy atom. The van der Waals surface area contributed by atoms with Crippen LogP contribution in [0.3, 0.4) is 0 Å². The second-order valence-corrected chi connectivity index (χ2v) is 12.2. The van der Waals surface area contributed by atoms with Gasteiger partial charge in [-0.15, -0.1) is 0 Å². The first kappa shape index (κ1) is 29.5. The summed E-state index contributed by atoms with van der Waals surface area (Å²) in [6.45, 7) is 7.54. The maximum absolute atomic E-state index is 14.8. The number of hydrogen-bond acceptors (Lipinski definition) is 7. The van der Waals surface area contributed by atoms with E-state index in [0.29, 0.717) is 47.1 Å². The Morgan fingerprint density at radius 3 is 2.74 bits per heavy atom. The number of nitrogens with zero attached hydrogens (tertiary/aromatic N) is 5. The lowest BCUT2D eigenvalue weighted by Crippen LogP contribution is -2.25. The average Bonchev–Trinajstić information content (AvgIpc) is 3.80. The van der Waals surface area contributed by atoms with Gasteiger partial charge in [-0.2, -0.15) is 5.10 Å². The van der Waals surface area contributed by atoms with Crippen LogP contribution in [0.1, 0.15) is 33.1 Å². The molecular formula is C35H35FN8O2. The Kier molecular flexibility index (Phi) is 8.15. The van der Waals surface area contributed by atoms with Crippen LogP contribution in [-0.2, 0) is 4.79 Å². The van der Waals surface area contributed by atoms with Crippen LogP contribution < -0.4 is 10.1 Å². The van der Waals surface area contributed by atoms with Crippen LogP contribution in [0, 0.1) is 11.7 Å². The lowest BCUT2D eigenvalue weighted by Gasteiger charge is -2.15. The minimum atomic E-state index is -0.356. The Bertz CT molecular complexity index is 2030. The van der Waals surface area contributed by atoms with E-state index in [2.05, 4.69) is 40.3 Å². The molecule has 3 N–H and O–H groups in total. The smallest absolute Gasteiger partial charge is 0.224 e. The number of H-pyrrole nitrogens is 2.